The van der Waals surface area contributed by atoms with Crippen molar-refractivity contribution >= 4 is 34.0 Å². The van der Waals surface area contributed by atoms with Gasteiger partial charge in [0.2, 0.25) is 0 Å². The van der Waals surface area contributed by atoms with Crippen LogP contribution in [0.15, 0.2) is 18.2 Å². The van der Waals surface area contributed by atoms with Gasteiger partial charge in [0.15, 0.2) is 0 Å². The van der Waals surface area contributed by atoms with E-state index >= 15 is 0 Å². The Kier molecular flexibility index (Phi) is 3.76. The Morgan fingerprint density at radius 3 is 2.62 bits per heavy atom. The summed E-state index contributed by atoms with van der Waals surface area (Å²) < 4.78 is 2.26. The van der Waals surface area contributed by atoms with Crippen molar-refractivity contribution in [2.24, 2.45) is 0 Å². The summed E-state index contributed by atoms with van der Waals surface area (Å²) in [4.78, 5) is 10.5. The minimum Gasteiger partial charge on any atom is -0.319 e. The molecule has 3 rings (SSSR count). The fourth-order valence-electron chi connectivity index (χ4n) is 2.93. The molecule has 0 N–H and O–H groups in total. The average Bonchev–Trinajstić information content (AvgIpc) is 2.98. The molecular weight excluding hydrogens is 302 g/mol. The van der Waals surface area contributed by atoms with E-state index in [2.05, 4.69) is 36.4 Å². The van der Waals surface area contributed by atoms with E-state index in [-0.39, 0.29) is 6.04 Å². The van der Waals surface area contributed by atoms with Crippen molar-refractivity contribution in [1.82, 2.24) is 14.5 Å². The van der Waals surface area contributed by atoms with Gasteiger partial charge in [-0.2, -0.15) is 0 Å². The standard InChI is InChI=1S/C16H18ClN3S/c1-9-6-5-7-13-15(9)20(14(8-17)19-13)11(3)16-10(2)18-12(4)21-16/h5-7,11H,8H2,1-4H3. The highest BCUT2D eigenvalue weighted by Crippen LogP contribution is 2.33. The lowest BCUT2D eigenvalue weighted by molar-refractivity contribution is 0.638. The minimum absolute atomic E-state index is 0.191. The van der Waals surface area contributed by atoms with Gasteiger partial charge in [-0.25, -0.2) is 9.97 Å². The third kappa shape index (κ3) is 2.36. The van der Waals surface area contributed by atoms with E-state index in [4.69, 9.17) is 16.6 Å². The number of fused-ring (bicyclic) bond motifs is 1. The number of hydrogen-bond acceptors (Lipinski definition) is 3. The lowest BCUT2D eigenvalue weighted by Crippen LogP contribution is -2.10. The molecule has 2 heterocycles. The number of rotatable bonds is 3. The fraction of sp³-hybridized carbons (Fsp3) is 0.375. The summed E-state index contributed by atoms with van der Waals surface area (Å²) >= 11 is 7.89. The first-order chi connectivity index (χ1) is 10.0. The highest BCUT2D eigenvalue weighted by molar-refractivity contribution is 7.11. The molecule has 0 saturated heterocycles. The average molecular weight is 320 g/mol. The lowest BCUT2D eigenvalue weighted by atomic mass is 10.1. The summed E-state index contributed by atoms with van der Waals surface area (Å²) in [5.74, 6) is 1.33. The first-order valence-corrected chi connectivity index (χ1v) is 8.34. The summed E-state index contributed by atoms with van der Waals surface area (Å²) in [5.41, 5.74) is 4.51. The summed E-state index contributed by atoms with van der Waals surface area (Å²) in [6, 6.07) is 6.40. The van der Waals surface area contributed by atoms with Gasteiger partial charge in [0.1, 0.15) is 5.82 Å². The van der Waals surface area contributed by atoms with Crippen LogP contribution in [0.25, 0.3) is 11.0 Å². The summed E-state index contributed by atoms with van der Waals surface area (Å²) in [7, 11) is 0. The smallest absolute Gasteiger partial charge is 0.125 e. The fourth-order valence-corrected chi connectivity index (χ4v) is 4.09. The van der Waals surface area contributed by atoms with Crippen LogP contribution in [0.1, 0.15) is 39.9 Å². The number of hydrogen-bond donors (Lipinski definition) is 0. The van der Waals surface area contributed by atoms with E-state index in [1.165, 1.54) is 16.0 Å². The number of para-hydroxylation sites is 1. The van der Waals surface area contributed by atoms with Crippen molar-refractivity contribution in [3.8, 4) is 0 Å². The number of alkyl halides is 1. The van der Waals surface area contributed by atoms with Gasteiger partial charge in [0.25, 0.3) is 0 Å². The van der Waals surface area contributed by atoms with Crippen LogP contribution in [0, 0.1) is 20.8 Å². The molecule has 0 aliphatic heterocycles. The van der Waals surface area contributed by atoms with Crippen molar-refractivity contribution < 1.29 is 0 Å². The summed E-state index contributed by atoms with van der Waals surface area (Å²) in [6.45, 7) is 8.44. The molecule has 3 nitrogen and oxygen atoms in total. The minimum atomic E-state index is 0.191. The second-order valence-corrected chi connectivity index (χ2v) is 6.83. The number of nitrogens with zero attached hydrogens (tertiary/aromatic N) is 3. The van der Waals surface area contributed by atoms with Crippen LogP contribution in [-0.2, 0) is 5.88 Å². The van der Waals surface area contributed by atoms with Crippen molar-refractivity contribution in [2.45, 2.75) is 39.6 Å². The maximum absolute atomic E-state index is 6.14. The Balaban J connectivity index is 2.25. The summed E-state index contributed by atoms with van der Waals surface area (Å²) in [6.07, 6.45) is 0. The Morgan fingerprint density at radius 2 is 2.00 bits per heavy atom. The van der Waals surface area contributed by atoms with E-state index in [0.717, 1.165) is 22.0 Å². The monoisotopic (exact) mass is 319 g/mol. The number of halogens is 1. The van der Waals surface area contributed by atoms with Crippen LogP contribution in [-0.4, -0.2) is 14.5 Å². The zero-order chi connectivity index (χ0) is 15.1. The van der Waals surface area contributed by atoms with Crippen LogP contribution in [0.5, 0.6) is 0 Å². The molecule has 110 valence electrons. The van der Waals surface area contributed by atoms with Gasteiger partial charge < -0.3 is 4.57 Å². The topological polar surface area (TPSA) is 30.7 Å². The number of benzene rings is 1. The highest BCUT2D eigenvalue weighted by Gasteiger charge is 2.21. The van der Waals surface area contributed by atoms with Crippen LogP contribution in [0.2, 0.25) is 0 Å². The molecular formula is C16H18ClN3S. The quantitative estimate of drug-likeness (QED) is 0.651. The predicted molar refractivity (Wildman–Crippen MR) is 89.4 cm³/mol. The normalized spacial score (nSPS) is 13.0. The van der Waals surface area contributed by atoms with Gasteiger partial charge in [0, 0.05) is 0 Å². The molecule has 1 unspecified atom stereocenters. The molecule has 0 fully saturated rings. The first-order valence-electron chi connectivity index (χ1n) is 6.99. The lowest BCUT2D eigenvalue weighted by Gasteiger charge is -2.17. The van der Waals surface area contributed by atoms with Crippen LogP contribution in [0.4, 0.5) is 0 Å². The third-order valence-electron chi connectivity index (χ3n) is 3.81. The number of imidazole rings is 1. The molecule has 2 aromatic heterocycles. The Morgan fingerprint density at radius 1 is 1.24 bits per heavy atom. The molecule has 3 aromatic rings. The van der Waals surface area contributed by atoms with E-state index in [0.29, 0.717) is 5.88 Å². The van der Waals surface area contributed by atoms with Crippen LogP contribution >= 0.6 is 22.9 Å². The Labute approximate surface area is 133 Å². The molecule has 0 saturated carbocycles. The van der Waals surface area contributed by atoms with Gasteiger partial charge in [-0.05, 0) is 39.3 Å². The Bertz CT molecular complexity index is 803. The van der Waals surface area contributed by atoms with E-state index in [9.17, 15) is 0 Å². The SMILES string of the molecule is Cc1nc(C)c(C(C)n2c(CCl)nc3cccc(C)c32)s1. The molecule has 0 aliphatic rings. The van der Waals surface area contributed by atoms with Crippen LogP contribution < -0.4 is 0 Å². The van der Waals surface area contributed by atoms with E-state index in [1.807, 2.05) is 19.1 Å². The van der Waals surface area contributed by atoms with Gasteiger partial charge in [-0.15, -0.1) is 22.9 Å². The predicted octanol–water partition coefficient (Wildman–Crippen LogP) is 4.77. The number of thiazole rings is 1. The second kappa shape index (κ2) is 5.43. The van der Waals surface area contributed by atoms with Gasteiger partial charge in [-0.3, -0.25) is 0 Å². The first kappa shape index (κ1) is 14.5. The maximum Gasteiger partial charge on any atom is 0.125 e. The highest BCUT2D eigenvalue weighted by atomic mass is 35.5. The largest absolute Gasteiger partial charge is 0.319 e. The van der Waals surface area contributed by atoms with Gasteiger partial charge in [-0.1, -0.05) is 12.1 Å². The zero-order valence-electron chi connectivity index (χ0n) is 12.6. The molecule has 1 aromatic carbocycles. The van der Waals surface area contributed by atoms with E-state index < -0.39 is 0 Å². The molecule has 0 bridgehead atoms. The molecule has 0 amide bonds. The van der Waals surface area contributed by atoms with Gasteiger partial charge in [0.05, 0.1) is 38.5 Å². The van der Waals surface area contributed by atoms with Crippen molar-refractivity contribution in [3.63, 3.8) is 0 Å². The molecule has 1 atom stereocenters. The van der Waals surface area contributed by atoms with Crippen molar-refractivity contribution in [1.29, 1.82) is 0 Å². The van der Waals surface area contributed by atoms with Gasteiger partial charge >= 0.3 is 0 Å². The molecule has 5 heteroatoms. The van der Waals surface area contributed by atoms with Crippen molar-refractivity contribution in [3.05, 3.63) is 45.2 Å². The maximum atomic E-state index is 6.14. The summed E-state index contributed by atoms with van der Waals surface area (Å²) in [5, 5.41) is 1.10. The molecule has 0 radical (unpaired) electrons. The molecule has 0 aliphatic carbocycles. The third-order valence-corrected chi connectivity index (χ3v) is 5.29. The molecule has 0 spiro atoms. The number of aromatic nitrogens is 3. The van der Waals surface area contributed by atoms with E-state index in [1.54, 1.807) is 11.3 Å². The Hall–Kier alpha value is -1.39. The van der Waals surface area contributed by atoms with Crippen molar-refractivity contribution in [2.75, 3.05) is 0 Å². The zero-order valence-corrected chi connectivity index (χ0v) is 14.2. The second-order valence-electron chi connectivity index (χ2n) is 5.33. The molecule has 21 heavy (non-hydrogen) atoms. The number of aryl methyl sites for hydroxylation is 3. The van der Waals surface area contributed by atoms with Crippen LogP contribution in [0.3, 0.4) is 0 Å².